The minimum absolute atomic E-state index is 0.0606. The molecule has 136 valence electrons. The fourth-order valence-corrected chi connectivity index (χ4v) is 4.22. The minimum atomic E-state index is -4.56. The van der Waals surface area contributed by atoms with E-state index < -0.39 is 33.7 Å². The van der Waals surface area contributed by atoms with Gasteiger partial charge in [-0.2, -0.15) is 13.2 Å². The highest BCUT2D eigenvalue weighted by Crippen LogP contribution is 2.31. The summed E-state index contributed by atoms with van der Waals surface area (Å²) < 4.78 is 64.1. The van der Waals surface area contributed by atoms with Crippen molar-refractivity contribution in [3.05, 3.63) is 40.9 Å². The molecule has 0 aliphatic heterocycles. The lowest BCUT2D eigenvalue weighted by Gasteiger charge is -2.09. The highest BCUT2D eigenvalue weighted by molar-refractivity contribution is 7.93. The number of carbonyl (C=O) groups is 1. The van der Waals surface area contributed by atoms with Crippen molar-refractivity contribution in [2.45, 2.75) is 30.3 Å². The number of aromatic nitrogens is 1. The largest absolute Gasteiger partial charge is 0.481 e. The first-order valence-corrected chi connectivity index (χ1v) is 9.23. The maximum absolute atomic E-state index is 12.5. The number of benzene rings is 1. The van der Waals surface area contributed by atoms with E-state index in [9.17, 15) is 26.4 Å². The van der Waals surface area contributed by atoms with E-state index in [-0.39, 0.29) is 10.0 Å². The summed E-state index contributed by atoms with van der Waals surface area (Å²) in [6.45, 7) is 1.67. The second-order valence-corrected chi connectivity index (χ2v) is 7.74. The van der Waals surface area contributed by atoms with Crippen LogP contribution in [0.3, 0.4) is 0 Å². The SMILES string of the molecule is CCC(C(=O)O)c1cnc(NS(=O)(=O)c2ccc(C(F)(F)F)cc2)s1. The molecule has 0 spiro atoms. The molecule has 0 amide bonds. The molecule has 6 nitrogen and oxygen atoms in total. The molecule has 0 radical (unpaired) electrons. The Balaban J connectivity index is 2.22. The van der Waals surface area contributed by atoms with E-state index in [1.165, 1.54) is 6.20 Å². The van der Waals surface area contributed by atoms with Gasteiger partial charge in [-0.3, -0.25) is 9.52 Å². The minimum Gasteiger partial charge on any atom is -0.481 e. The Labute approximate surface area is 145 Å². The molecule has 0 aliphatic rings. The molecule has 1 aromatic heterocycles. The quantitative estimate of drug-likeness (QED) is 0.781. The number of alkyl halides is 3. The summed E-state index contributed by atoms with van der Waals surface area (Å²) in [4.78, 5) is 14.9. The topological polar surface area (TPSA) is 96.4 Å². The maximum Gasteiger partial charge on any atom is 0.416 e. The lowest BCUT2D eigenvalue weighted by Crippen LogP contribution is -2.13. The molecule has 1 atom stereocenters. The number of hydrogen-bond acceptors (Lipinski definition) is 5. The summed E-state index contributed by atoms with van der Waals surface area (Å²) in [5.74, 6) is -1.86. The van der Waals surface area contributed by atoms with Crippen LogP contribution in [0.5, 0.6) is 0 Å². The number of rotatable bonds is 6. The number of hydrogen-bond donors (Lipinski definition) is 2. The number of thiazole rings is 1. The van der Waals surface area contributed by atoms with Crippen LogP contribution in [0.2, 0.25) is 0 Å². The number of anilines is 1. The number of nitrogens with one attached hydrogen (secondary N) is 1. The van der Waals surface area contributed by atoms with Crippen molar-refractivity contribution in [2.24, 2.45) is 0 Å². The van der Waals surface area contributed by atoms with Crippen LogP contribution >= 0.6 is 11.3 Å². The van der Waals surface area contributed by atoms with Crippen molar-refractivity contribution in [3.63, 3.8) is 0 Å². The first-order chi connectivity index (χ1) is 11.5. The Morgan fingerprint density at radius 3 is 2.40 bits per heavy atom. The van der Waals surface area contributed by atoms with Crippen LogP contribution in [0.15, 0.2) is 35.4 Å². The van der Waals surface area contributed by atoms with E-state index in [2.05, 4.69) is 9.71 Å². The van der Waals surface area contributed by atoms with E-state index in [0.717, 1.165) is 23.5 Å². The molecule has 1 unspecified atom stereocenters. The molecule has 2 rings (SSSR count). The monoisotopic (exact) mass is 394 g/mol. The Morgan fingerprint density at radius 2 is 1.92 bits per heavy atom. The molecule has 2 aromatic rings. The van der Waals surface area contributed by atoms with Gasteiger partial charge in [-0.25, -0.2) is 13.4 Å². The number of nitrogens with zero attached hydrogens (tertiary/aromatic N) is 1. The van der Waals surface area contributed by atoms with Gasteiger partial charge >= 0.3 is 12.1 Å². The molecular formula is C14H13F3N2O4S2. The van der Waals surface area contributed by atoms with Gasteiger partial charge in [0.05, 0.1) is 16.4 Å². The molecule has 2 N–H and O–H groups in total. The summed E-state index contributed by atoms with van der Waals surface area (Å²) in [7, 11) is -4.13. The van der Waals surface area contributed by atoms with Crippen molar-refractivity contribution < 1.29 is 31.5 Å². The van der Waals surface area contributed by atoms with Gasteiger partial charge in [0.2, 0.25) is 0 Å². The summed E-state index contributed by atoms with van der Waals surface area (Å²) >= 11 is 0.861. The van der Waals surface area contributed by atoms with Gasteiger partial charge in [-0.1, -0.05) is 6.92 Å². The van der Waals surface area contributed by atoms with Crippen LogP contribution in [0, 0.1) is 0 Å². The fourth-order valence-electron chi connectivity index (χ4n) is 1.99. The van der Waals surface area contributed by atoms with Gasteiger partial charge in [-0.15, -0.1) is 11.3 Å². The third-order valence-corrected chi connectivity index (χ3v) is 5.80. The van der Waals surface area contributed by atoms with E-state index in [0.29, 0.717) is 23.4 Å². The zero-order chi connectivity index (χ0) is 18.8. The van der Waals surface area contributed by atoms with Crippen molar-refractivity contribution in [1.29, 1.82) is 0 Å². The standard InChI is InChI=1S/C14H13F3N2O4S2/c1-2-10(12(20)21)11-7-18-13(24-11)19-25(22,23)9-5-3-8(4-6-9)14(15,16)17/h3-7,10H,2H2,1H3,(H,18,19)(H,20,21). The van der Waals surface area contributed by atoms with Gasteiger partial charge in [0, 0.05) is 11.1 Å². The van der Waals surface area contributed by atoms with Crippen LogP contribution in [-0.4, -0.2) is 24.5 Å². The van der Waals surface area contributed by atoms with Crippen LogP contribution < -0.4 is 4.72 Å². The van der Waals surface area contributed by atoms with Crippen molar-refractivity contribution in [1.82, 2.24) is 4.98 Å². The Morgan fingerprint density at radius 1 is 1.32 bits per heavy atom. The molecule has 0 saturated carbocycles. The van der Waals surface area contributed by atoms with E-state index in [4.69, 9.17) is 5.11 Å². The Hall–Kier alpha value is -2.14. The average Bonchev–Trinajstić information content (AvgIpc) is 2.94. The lowest BCUT2D eigenvalue weighted by atomic mass is 10.1. The number of aliphatic carboxylic acids is 1. The van der Waals surface area contributed by atoms with Gasteiger partial charge in [0.25, 0.3) is 10.0 Å². The highest BCUT2D eigenvalue weighted by Gasteiger charge is 2.30. The maximum atomic E-state index is 12.5. The predicted octanol–water partition coefficient (Wildman–Crippen LogP) is 3.54. The molecule has 0 fully saturated rings. The second kappa shape index (κ2) is 7.00. The Bertz CT molecular complexity index is 861. The molecule has 25 heavy (non-hydrogen) atoms. The predicted molar refractivity (Wildman–Crippen MR) is 85.0 cm³/mol. The van der Waals surface area contributed by atoms with Gasteiger partial charge in [0.15, 0.2) is 5.13 Å². The molecule has 0 saturated heterocycles. The number of carboxylic acid groups (broad SMARTS) is 1. The van der Waals surface area contributed by atoms with Crippen molar-refractivity contribution >= 4 is 32.5 Å². The van der Waals surface area contributed by atoms with E-state index in [1.807, 2.05) is 0 Å². The van der Waals surface area contributed by atoms with Crippen LogP contribution in [0.1, 0.15) is 29.7 Å². The van der Waals surface area contributed by atoms with Crippen LogP contribution in [0.4, 0.5) is 18.3 Å². The second-order valence-electron chi connectivity index (χ2n) is 4.99. The summed E-state index contributed by atoms with van der Waals surface area (Å²) in [6.07, 6.45) is -2.99. The first-order valence-electron chi connectivity index (χ1n) is 6.93. The van der Waals surface area contributed by atoms with Crippen LogP contribution in [-0.2, 0) is 21.0 Å². The molecule has 1 aromatic carbocycles. The Kier molecular flexibility index (Phi) is 5.37. The third-order valence-electron chi connectivity index (χ3n) is 3.29. The van der Waals surface area contributed by atoms with Gasteiger partial charge < -0.3 is 5.11 Å². The number of halogens is 3. The number of carboxylic acids is 1. The molecule has 1 heterocycles. The summed E-state index contributed by atoms with van der Waals surface area (Å²) in [6, 6.07) is 3.01. The summed E-state index contributed by atoms with van der Waals surface area (Å²) in [5, 5.41) is 9.03. The lowest BCUT2D eigenvalue weighted by molar-refractivity contribution is -0.139. The zero-order valence-corrected chi connectivity index (χ0v) is 14.4. The molecule has 0 bridgehead atoms. The average molecular weight is 394 g/mol. The first kappa shape index (κ1) is 19.2. The van der Waals surface area contributed by atoms with Crippen LogP contribution in [0.25, 0.3) is 0 Å². The fraction of sp³-hybridized carbons (Fsp3) is 0.286. The van der Waals surface area contributed by atoms with Gasteiger partial charge in [0.1, 0.15) is 0 Å². The van der Waals surface area contributed by atoms with E-state index >= 15 is 0 Å². The number of sulfonamides is 1. The summed E-state index contributed by atoms with van der Waals surface area (Å²) in [5.41, 5.74) is -0.963. The smallest absolute Gasteiger partial charge is 0.416 e. The normalized spacial score (nSPS) is 13.4. The molecular weight excluding hydrogens is 381 g/mol. The van der Waals surface area contributed by atoms with Gasteiger partial charge in [-0.05, 0) is 30.7 Å². The molecule has 11 heteroatoms. The van der Waals surface area contributed by atoms with E-state index in [1.54, 1.807) is 6.92 Å². The highest BCUT2D eigenvalue weighted by atomic mass is 32.2. The third kappa shape index (κ3) is 4.48. The van der Waals surface area contributed by atoms with Crippen molar-refractivity contribution in [3.8, 4) is 0 Å². The van der Waals surface area contributed by atoms with Crippen molar-refractivity contribution in [2.75, 3.05) is 4.72 Å². The molecule has 0 aliphatic carbocycles. The zero-order valence-electron chi connectivity index (χ0n) is 12.7.